The van der Waals surface area contributed by atoms with E-state index in [-0.39, 0.29) is 5.56 Å². The molecule has 1 unspecified atom stereocenters. The number of rotatable bonds is 1. The normalized spacial score (nSPS) is 18.7. The fourth-order valence-electron chi connectivity index (χ4n) is 2.52. The highest BCUT2D eigenvalue weighted by atomic mass is 16.1. The minimum atomic E-state index is -0.0612. The van der Waals surface area contributed by atoms with Crippen LogP contribution in [0, 0.1) is 0 Å². The summed E-state index contributed by atoms with van der Waals surface area (Å²) in [5.41, 5.74) is 2.76. The van der Waals surface area contributed by atoms with Crippen LogP contribution >= 0.6 is 0 Å². The van der Waals surface area contributed by atoms with Crippen LogP contribution in [-0.4, -0.2) is 9.97 Å². The van der Waals surface area contributed by atoms with Gasteiger partial charge in [0.2, 0.25) is 0 Å². The molecule has 1 aromatic heterocycles. The van der Waals surface area contributed by atoms with Crippen molar-refractivity contribution in [2.45, 2.75) is 25.2 Å². The average Bonchev–Trinajstić information content (AvgIpc) is 2.38. The van der Waals surface area contributed by atoms with Crippen LogP contribution in [0.1, 0.15) is 29.3 Å². The van der Waals surface area contributed by atoms with Crippen molar-refractivity contribution in [3.63, 3.8) is 0 Å². The van der Waals surface area contributed by atoms with E-state index in [1.165, 1.54) is 17.2 Å². The molecule has 0 aliphatic heterocycles. The average molecular weight is 226 g/mol. The van der Waals surface area contributed by atoms with Crippen LogP contribution in [0.25, 0.3) is 0 Å². The zero-order chi connectivity index (χ0) is 11.7. The molecule has 0 saturated carbocycles. The molecular weight excluding hydrogens is 212 g/mol. The number of nitrogens with zero attached hydrogens (tertiary/aromatic N) is 1. The van der Waals surface area contributed by atoms with Gasteiger partial charge in [0, 0.05) is 18.2 Å². The van der Waals surface area contributed by atoms with Crippen molar-refractivity contribution in [2.24, 2.45) is 0 Å². The van der Waals surface area contributed by atoms with Gasteiger partial charge in [-0.05, 0) is 30.4 Å². The van der Waals surface area contributed by atoms with Gasteiger partial charge in [0.05, 0.1) is 0 Å². The summed E-state index contributed by atoms with van der Waals surface area (Å²) < 4.78 is 0. The molecule has 1 atom stereocenters. The zero-order valence-corrected chi connectivity index (χ0v) is 9.52. The third-order valence-electron chi connectivity index (χ3n) is 3.42. The molecule has 3 heteroatoms. The molecule has 0 amide bonds. The van der Waals surface area contributed by atoms with Gasteiger partial charge in [0.15, 0.2) is 0 Å². The first-order chi connectivity index (χ1) is 8.33. The topological polar surface area (TPSA) is 45.8 Å². The molecule has 0 radical (unpaired) electrons. The van der Waals surface area contributed by atoms with Crippen LogP contribution in [0.3, 0.4) is 0 Å². The number of fused-ring (bicyclic) bond motifs is 1. The lowest BCUT2D eigenvalue weighted by Crippen LogP contribution is -2.18. The van der Waals surface area contributed by atoms with E-state index in [0.29, 0.717) is 5.92 Å². The Hall–Kier alpha value is -1.90. The van der Waals surface area contributed by atoms with Crippen LogP contribution in [-0.2, 0) is 12.8 Å². The van der Waals surface area contributed by atoms with Crippen molar-refractivity contribution in [1.29, 1.82) is 0 Å². The largest absolute Gasteiger partial charge is 0.310 e. The van der Waals surface area contributed by atoms with E-state index in [2.05, 4.69) is 34.2 Å². The molecule has 86 valence electrons. The predicted molar refractivity (Wildman–Crippen MR) is 66.1 cm³/mol. The highest BCUT2D eigenvalue weighted by Crippen LogP contribution is 2.30. The molecule has 3 nitrogen and oxygen atoms in total. The van der Waals surface area contributed by atoms with Gasteiger partial charge < -0.3 is 4.98 Å². The number of aromatic amines is 1. The molecule has 1 N–H and O–H groups in total. The fourth-order valence-corrected chi connectivity index (χ4v) is 2.52. The molecule has 1 aromatic carbocycles. The first-order valence-electron chi connectivity index (χ1n) is 5.95. The second-order valence-corrected chi connectivity index (χ2v) is 4.53. The second-order valence-electron chi connectivity index (χ2n) is 4.53. The minimum absolute atomic E-state index is 0.0612. The monoisotopic (exact) mass is 226 g/mol. The quantitative estimate of drug-likeness (QED) is 0.808. The molecule has 1 aliphatic rings. The van der Waals surface area contributed by atoms with Gasteiger partial charge >= 0.3 is 0 Å². The standard InChI is InChI=1S/C14H14N2O/c17-13-7-8-15-14(16-13)12-6-5-10-3-1-2-4-11(10)9-12/h1-4,7-8,12H,5-6,9H2,(H,15,16,17). The summed E-state index contributed by atoms with van der Waals surface area (Å²) in [4.78, 5) is 18.4. The van der Waals surface area contributed by atoms with Crippen LogP contribution in [0.4, 0.5) is 0 Å². The Labute approximate surface area is 99.5 Å². The number of hydrogen-bond donors (Lipinski definition) is 1. The highest BCUT2D eigenvalue weighted by molar-refractivity contribution is 5.31. The smallest absolute Gasteiger partial charge is 0.250 e. The lowest BCUT2D eigenvalue weighted by molar-refractivity contribution is 0.553. The molecule has 1 aliphatic carbocycles. The molecule has 0 fully saturated rings. The fraction of sp³-hybridized carbons (Fsp3) is 0.286. The van der Waals surface area contributed by atoms with E-state index in [4.69, 9.17) is 0 Å². The minimum Gasteiger partial charge on any atom is -0.310 e. The summed E-state index contributed by atoms with van der Waals surface area (Å²) in [5, 5.41) is 0. The van der Waals surface area contributed by atoms with Crippen molar-refractivity contribution in [3.8, 4) is 0 Å². The Kier molecular flexibility index (Phi) is 2.52. The molecule has 0 bridgehead atoms. The van der Waals surface area contributed by atoms with Crippen LogP contribution in [0.5, 0.6) is 0 Å². The molecule has 17 heavy (non-hydrogen) atoms. The summed E-state index contributed by atoms with van der Waals surface area (Å²) in [7, 11) is 0. The van der Waals surface area contributed by atoms with Crippen molar-refractivity contribution < 1.29 is 0 Å². The van der Waals surface area contributed by atoms with Gasteiger partial charge in [-0.2, -0.15) is 0 Å². The van der Waals surface area contributed by atoms with Gasteiger partial charge in [-0.3, -0.25) is 4.79 Å². The maximum Gasteiger partial charge on any atom is 0.250 e. The zero-order valence-electron chi connectivity index (χ0n) is 9.52. The van der Waals surface area contributed by atoms with Gasteiger partial charge in [-0.15, -0.1) is 0 Å². The molecule has 3 rings (SSSR count). The molecular formula is C14H14N2O. The Morgan fingerprint density at radius 1 is 1.18 bits per heavy atom. The lowest BCUT2D eigenvalue weighted by atomic mass is 9.83. The van der Waals surface area contributed by atoms with Crippen molar-refractivity contribution in [2.75, 3.05) is 0 Å². The Balaban J connectivity index is 1.92. The Morgan fingerprint density at radius 2 is 2.00 bits per heavy atom. The van der Waals surface area contributed by atoms with Gasteiger partial charge in [-0.1, -0.05) is 24.3 Å². The summed E-state index contributed by atoms with van der Waals surface area (Å²) in [6.45, 7) is 0. The third kappa shape index (κ3) is 2.00. The number of benzene rings is 1. The van der Waals surface area contributed by atoms with Crippen LogP contribution < -0.4 is 5.56 Å². The van der Waals surface area contributed by atoms with E-state index in [1.54, 1.807) is 6.20 Å². The van der Waals surface area contributed by atoms with Crippen molar-refractivity contribution in [1.82, 2.24) is 9.97 Å². The number of H-pyrrole nitrogens is 1. The van der Waals surface area contributed by atoms with E-state index < -0.39 is 0 Å². The highest BCUT2D eigenvalue weighted by Gasteiger charge is 2.21. The van der Waals surface area contributed by atoms with Crippen molar-refractivity contribution >= 4 is 0 Å². The Bertz CT molecular complexity index is 589. The van der Waals surface area contributed by atoms with Crippen molar-refractivity contribution in [3.05, 3.63) is 63.8 Å². The van der Waals surface area contributed by atoms with Crippen LogP contribution in [0.2, 0.25) is 0 Å². The summed E-state index contributed by atoms with van der Waals surface area (Å²) in [6, 6.07) is 9.97. The summed E-state index contributed by atoms with van der Waals surface area (Å²) in [5.74, 6) is 1.17. The van der Waals surface area contributed by atoms with E-state index in [0.717, 1.165) is 25.1 Å². The van der Waals surface area contributed by atoms with Gasteiger partial charge in [0.25, 0.3) is 5.56 Å². The van der Waals surface area contributed by atoms with Gasteiger partial charge in [0.1, 0.15) is 5.82 Å². The van der Waals surface area contributed by atoms with E-state index in [1.807, 2.05) is 0 Å². The first kappa shape index (κ1) is 10.3. The third-order valence-corrected chi connectivity index (χ3v) is 3.42. The maximum absolute atomic E-state index is 11.3. The molecule has 0 spiro atoms. The molecule has 1 heterocycles. The number of hydrogen-bond acceptors (Lipinski definition) is 2. The summed E-state index contributed by atoms with van der Waals surface area (Å²) in [6.07, 6.45) is 4.70. The molecule has 2 aromatic rings. The lowest BCUT2D eigenvalue weighted by Gasteiger charge is -2.23. The van der Waals surface area contributed by atoms with E-state index in [9.17, 15) is 4.79 Å². The predicted octanol–water partition coefficient (Wildman–Crippen LogP) is 2.04. The Morgan fingerprint density at radius 3 is 2.82 bits per heavy atom. The van der Waals surface area contributed by atoms with E-state index >= 15 is 0 Å². The molecule has 0 saturated heterocycles. The summed E-state index contributed by atoms with van der Waals surface area (Å²) >= 11 is 0. The number of aromatic nitrogens is 2. The first-order valence-corrected chi connectivity index (χ1v) is 5.95. The number of nitrogens with one attached hydrogen (secondary N) is 1. The number of aryl methyl sites for hydroxylation is 1. The van der Waals surface area contributed by atoms with Gasteiger partial charge in [-0.25, -0.2) is 4.98 Å². The SMILES string of the molecule is O=c1ccnc(C2CCc3ccccc3C2)[nH]1. The maximum atomic E-state index is 11.3. The second kappa shape index (κ2) is 4.17. The van der Waals surface area contributed by atoms with Crippen LogP contribution in [0.15, 0.2) is 41.3 Å².